The third-order valence-corrected chi connectivity index (χ3v) is 7.46. The largest absolute Gasteiger partial charge is 0.348 e. The van der Waals surface area contributed by atoms with Crippen molar-refractivity contribution < 1.29 is 13.1 Å². The van der Waals surface area contributed by atoms with Crippen LogP contribution in [0.2, 0.25) is 0 Å². The fraction of sp³-hybridized carbons (Fsp3) is 0.0323. The number of rotatable bonds is 1. The third-order valence-electron chi connectivity index (χ3n) is 7.46. The minimum absolute atomic E-state index is 0.882. The number of aromatic nitrogens is 2. The molecule has 0 aliphatic rings. The molecule has 0 spiro atoms. The molecule has 3 heteroatoms. The Labute approximate surface area is 194 Å². The molecule has 0 aliphatic carbocycles. The van der Waals surface area contributed by atoms with E-state index < -0.39 is 0 Å². The number of benzene rings is 4. The zero-order valence-electron chi connectivity index (χ0n) is 18.7. The fourth-order valence-electron chi connectivity index (χ4n) is 5.96. The molecule has 0 unspecified atom stereocenters. The summed E-state index contributed by atoms with van der Waals surface area (Å²) in [6.45, 7) is 6.59. The molecule has 8 rings (SSSR count). The molecule has 34 heavy (non-hydrogen) atoms. The Bertz CT molecular complexity index is 2150. The van der Waals surface area contributed by atoms with E-state index in [9.17, 15) is 0 Å². The van der Waals surface area contributed by atoms with Crippen molar-refractivity contribution in [1.82, 2.24) is 0 Å². The summed E-state index contributed by atoms with van der Waals surface area (Å²) in [5, 5.41) is 7.28. The molecule has 8 aromatic rings. The maximum Gasteiger partial charge on any atom is 0.279 e. The maximum atomic E-state index is 6.57. The predicted octanol–water partition coefficient (Wildman–Crippen LogP) is 6.84. The zero-order valence-corrected chi connectivity index (χ0v) is 18.7. The molecule has 0 saturated heterocycles. The van der Waals surface area contributed by atoms with E-state index in [1.807, 2.05) is 16.5 Å². The van der Waals surface area contributed by atoms with Gasteiger partial charge in [-0.15, -0.1) is 18.2 Å². The van der Waals surface area contributed by atoms with Gasteiger partial charge in [-0.1, -0.05) is 54.6 Å². The highest BCUT2D eigenvalue weighted by atomic mass is 16.3. The number of aryl methyl sites for hydroxylation is 1. The standard InChI is InChI=1S/C31H20N2O/c1-18-20-9-4-3-8-19(20)14-15-21(18)29-27-26(16-17-32(29)2)34-31-24-12-7-11-23-22-10-5-6-13-25(22)33(28(23)24)30(27)31/h3-17H,2H2,1H3. The Hall–Kier alpha value is -4.50. The molecule has 0 aliphatic heterocycles. The van der Waals surface area contributed by atoms with Crippen molar-refractivity contribution in [2.45, 2.75) is 6.92 Å². The quantitative estimate of drug-likeness (QED) is 0.157. The van der Waals surface area contributed by atoms with Crippen molar-refractivity contribution in [1.29, 1.82) is 0 Å². The molecule has 4 heterocycles. The van der Waals surface area contributed by atoms with E-state index in [0.717, 1.165) is 33.1 Å². The minimum Gasteiger partial charge on any atom is -0.348 e. The van der Waals surface area contributed by atoms with Gasteiger partial charge in [0.25, 0.3) is 5.58 Å². The average molecular weight is 437 g/mol. The van der Waals surface area contributed by atoms with Gasteiger partial charge in [-0.2, -0.15) is 0 Å². The van der Waals surface area contributed by atoms with Crippen molar-refractivity contribution in [3.63, 3.8) is 0 Å². The van der Waals surface area contributed by atoms with Crippen LogP contribution in [0.5, 0.6) is 0 Å². The number of fused-ring (bicyclic) bond motifs is 9. The Morgan fingerprint density at radius 1 is 0.794 bits per heavy atom. The van der Waals surface area contributed by atoms with Crippen LogP contribution in [0, 0.1) is 13.6 Å². The van der Waals surface area contributed by atoms with Crippen LogP contribution in [0.25, 0.3) is 71.3 Å². The first-order chi connectivity index (χ1) is 16.7. The van der Waals surface area contributed by atoms with E-state index >= 15 is 0 Å². The molecule has 0 fully saturated rings. The van der Waals surface area contributed by atoms with E-state index in [2.05, 4.69) is 96.9 Å². The Morgan fingerprint density at radius 2 is 1.62 bits per heavy atom. The van der Waals surface area contributed by atoms with Crippen molar-refractivity contribution in [3.8, 4) is 11.3 Å². The minimum atomic E-state index is 0.882. The first-order valence-electron chi connectivity index (χ1n) is 11.6. The lowest BCUT2D eigenvalue weighted by molar-refractivity contribution is -0.484. The third kappa shape index (κ3) is 2.03. The summed E-state index contributed by atoms with van der Waals surface area (Å²) >= 11 is 0. The van der Waals surface area contributed by atoms with Crippen LogP contribution < -0.4 is 8.64 Å². The lowest BCUT2D eigenvalue weighted by Gasteiger charge is -2.11. The first-order valence-corrected chi connectivity index (χ1v) is 11.6. The normalized spacial score (nSPS) is 12.4. The van der Waals surface area contributed by atoms with Crippen LogP contribution in [0.1, 0.15) is 5.56 Å². The molecule has 0 amide bonds. The Balaban J connectivity index is 1.65. The van der Waals surface area contributed by atoms with Gasteiger partial charge in [-0.05, 0) is 51.7 Å². The van der Waals surface area contributed by atoms with E-state index in [0.29, 0.717) is 0 Å². The molecule has 0 bridgehead atoms. The molecular formula is C31H20N2O. The smallest absolute Gasteiger partial charge is 0.279 e. The van der Waals surface area contributed by atoms with E-state index in [1.54, 1.807) is 0 Å². The second-order valence-electron chi connectivity index (χ2n) is 9.17. The van der Waals surface area contributed by atoms with Gasteiger partial charge < -0.3 is 8.66 Å². The highest BCUT2D eigenvalue weighted by Crippen LogP contribution is 2.41. The number of pyridine rings is 1. The molecule has 0 saturated carbocycles. The molecule has 4 aromatic carbocycles. The summed E-state index contributed by atoms with van der Waals surface area (Å²) in [6, 6.07) is 30.2. The lowest BCUT2D eigenvalue weighted by atomic mass is 9.96. The summed E-state index contributed by atoms with van der Waals surface area (Å²) in [7, 11) is 0. The van der Waals surface area contributed by atoms with Gasteiger partial charge >= 0.3 is 0 Å². The Morgan fingerprint density at radius 3 is 2.56 bits per heavy atom. The fourth-order valence-corrected chi connectivity index (χ4v) is 5.96. The van der Waals surface area contributed by atoms with Crippen LogP contribution in [0.15, 0.2) is 95.5 Å². The molecular weight excluding hydrogens is 416 g/mol. The zero-order chi connectivity index (χ0) is 22.6. The highest BCUT2D eigenvalue weighted by molar-refractivity contribution is 6.22. The van der Waals surface area contributed by atoms with Gasteiger partial charge in [0.1, 0.15) is 23.4 Å². The monoisotopic (exact) mass is 436 g/mol. The van der Waals surface area contributed by atoms with Crippen molar-refractivity contribution >= 4 is 60.0 Å². The van der Waals surface area contributed by atoms with Crippen LogP contribution >= 0.6 is 0 Å². The topological polar surface area (TPSA) is 21.3 Å². The van der Waals surface area contributed by atoms with Gasteiger partial charge in [0.15, 0.2) is 5.52 Å². The lowest BCUT2D eigenvalue weighted by Crippen LogP contribution is -2.20. The van der Waals surface area contributed by atoms with E-state index in [1.165, 1.54) is 43.7 Å². The Kier molecular flexibility index (Phi) is 3.22. The summed E-state index contributed by atoms with van der Waals surface area (Å²) < 4.78 is 11.0. The summed E-state index contributed by atoms with van der Waals surface area (Å²) in [5.41, 5.74) is 8.85. The number of para-hydroxylation sites is 2. The molecule has 4 aromatic heterocycles. The number of furan rings is 1. The van der Waals surface area contributed by atoms with E-state index in [4.69, 9.17) is 4.42 Å². The molecule has 3 nitrogen and oxygen atoms in total. The predicted molar refractivity (Wildman–Crippen MR) is 137 cm³/mol. The number of hydrogen-bond donors (Lipinski definition) is 0. The van der Waals surface area contributed by atoms with Gasteiger partial charge in [-0.3, -0.25) is 0 Å². The van der Waals surface area contributed by atoms with Crippen molar-refractivity contribution in [2.75, 3.05) is 0 Å². The van der Waals surface area contributed by atoms with Crippen LogP contribution in [0.3, 0.4) is 0 Å². The number of nitrogens with zero attached hydrogens (tertiary/aromatic N) is 2. The highest BCUT2D eigenvalue weighted by Gasteiger charge is 2.28. The van der Waals surface area contributed by atoms with E-state index in [-0.39, 0.29) is 0 Å². The maximum absolute atomic E-state index is 6.57. The molecule has 160 valence electrons. The van der Waals surface area contributed by atoms with Gasteiger partial charge in [0.05, 0.1) is 11.6 Å². The van der Waals surface area contributed by atoms with Gasteiger partial charge in [-0.25, -0.2) is 4.40 Å². The van der Waals surface area contributed by atoms with Crippen LogP contribution in [-0.4, -0.2) is 0 Å². The van der Waals surface area contributed by atoms with Crippen LogP contribution in [-0.2, 0) is 0 Å². The number of hydrogen-bond acceptors (Lipinski definition) is 0. The van der Waals surface area contributed by atoms with Crippen molar-refractivity contribution in [3.05, 3.63) is 103 Å². The summed E-state index contributed by atoms with van der Waals surface area (Å²) in [4.78, 5) is 0. The van der Waals surface area contributed by atoms with Gasteiger partial charge in [0, 0.05) is 5.39 Å². The molecule has 0 atom stereocenters. The second-order valence-corrected chi connectivity index (χ2v) is 9.17. The van der Waals surface area contributed by atoms with Gasteiger partial charge in [0.2, 0.25) is 5.58 Å². The van der Waals surface area contributed by atoms with Crippen LogP contribution in [0.4, 0.5) is 0 Å². The second kappa shape index (κ2) is 6.09. The van der Waals surface area contributed by atoms with Crippen molar-refractivity contribution in [2.24, 2.45) is 0 Å². The summed E-state index contributed by atoms with van der Waals surface area (Å²) in [6.07, 6.45) is 2.00. The summed E-state index contributed by atoms with van der Waals surface area (Å²) in [5.74, 6) is 0. The average Bonchev–Trinajstić information content (AvgIpc) is 3.51. The SMILES string of the molecule is C=[n+]1cc[c-]2[o+]c3c4cccc5c6cccc[c-]6[n+](c45)c3c2[c-]1-c1ccc2ccccc2c1C. The molecule has 0 radical (unpaired) electrons. The molecule has 0 N–H and O–H groups in total. The first kappa shape index (κ1) is 18.0.